The molecule has 0 saturated heterocycles. The third-order valence-corrected chi connectivity index (χ3v) is 2.38. The van der Waals surface area contributed by atoms with E-state index in [1.807, 2.05) is 23.7 Å². The molecular weight excluding hydrogens is 230 g/mol. The molecular formula is C9H14N3O3S+. The van der Waals surface area contributed by atoms with Gasteiger partial charge in [-0.05, 0) is 0 Å². The molecule has 0 aromatic carbocycles. The van der Waals surface area contributed by atoms with E-state index in [0.717, 1.165) is 16.5 Å². The van der Waals surface area contributed by atoms with Gasteiger partial charge in [-0.1, -0.05) is 0 Å². The van der Waals surface area contributed by atoms with Crippen LogP contribution in [0.4, 0.5) is 10.5 Å². The number of anilines is 1. The predicted octanol–water partition coefficient (Wildman–Crippen LogP) is -0.443. The lowest BCUT2D eigenvalue weighted by atomic mass is 10.4. The van der Waals surface area contributed by atoms with Gasteiger partial charge in [-0.25, -0.2) is 0 Å². The molecule has 1 aromatic rings. The minimum absolute atomic E-state index is 0.701. The van der Waals surface area contributed by atoms with Crippen molar-refractivity contribution in [3.8, 4) is 0 Å². The molecule has 0 aliphatic carbocycles. The minimum atomic E-state index is -3.53. The molecule has 0 spiro atoms. The van der Waals surface area contributed by atoms with Gasteiger partial charge in [0.05, 0.1) is 6.26 Å². The monoisotopic (exact) mass is 244 g/mol. The van der Waals surface area contributed by atoms with E-state index in [9.17, 15) is 13.2 Å². The molecule has 1 rings (SSSR count). The van der Waals surface area contributed by atoms with Crippen LogP contribution in [0.1, 0.15) is 0 Å². The Balaban J connectivity index is 2.86. The summed E-state index contributed by atoms with van der Waals surface area (Å²) in [5.41, 5.74) is 0.920. The Kier molecular flexibility index (Phi) is 3.48. The number of carbonyl (C=O) groups is 1. The zero-order chi connectivity index (χ0) is 12.3. The fourth-order valence-corrected chi connectivity index (χ4v) is 1.49. The van der Waals surface area contributed by atoms with Crippen LogP contribution in [-0.2, 0) is 10.0 Å². The number of amides is 1. The molecule has 0 fully saturated rings. The first-order valence-electron chi connectivity index (χ1n) is 4.50. The second kappa shape index (κ2) is 4.48. The second-order valence-electron chi connectivity index (χ2n) is 3.54. The molecule has 88 valence electrons. The molecule has 0 bridgehead atoms. The van der Waals surface area contributed by atoms with Crippen LogP contribution in [0.3, 0.4) is 0 Å². The predicted molar refractivity (Wildman–Crippen MR) is 59.7 cm³/mol. The Labute approximate surface area is 94.6 Å². The molecule has 7 heteroatoms. The summed E-state index contributed by atoms with van der Waals surface area (Å²) < 4.78 is 24.7. The maximum Gasteiger partial charge on any atom is 0.511 e. The number of aromatic nitrogens is 1. The van der Waals surface area contributed by atoms with Crippen LogP contribution in [0, 0.1) is 0 Å². The van der Waals surface area contributed by atoms with Crippen LogP contribution >= 0.6 is 0 Å². The fraction of sp³-hybridized carbons (Fsp3) is 0.333. The van der Waals surface area contributed by atoms with Crippen molar-refractivity contribution in [3.05, 3.63) is 24.5 Å². The van der Waals surface area contributed by atoms with Crippen molar-refractivity contribution in [1.82, 2.24) is 4.72 Å². The Morgan fingerprint density at radius 2 is 1.81 bits per heavy atom. The van der Waals surface area contributed by atoms with E-state index in [-0.39, 0.29) is 0 Å². The van der Waals surface area contributed by atoms with E-state index in [0.29, 0.717) is 0 Å². The van der Waals surface area contributed by atoms with Crippen molar-refractivity contribution in [2.75, 3.05) is 25.3 Å². The highest BCUT2D eigenvalue weighted by molar-refractivity contribution is 7.89. The number of carbonyl (C=O) groups excluding carboxylic acids is 1. The number of sulfonamides is 1. The summed E-state index contributed by atoms with van der Waals surface area (Å²) in [5.74, 6) is 0. The quantitative estimate of drug-likeness (QED) is 0.716. The Morgan fingerprint density at radius 1 is 1.31 bits per heavy atom. The maximum absolute atomic E-state index is 11.4. The topological polar surface area (TPSA) is 70.4 Å². The SMILES string of the molecule is CN(C)c1cc[n+](C(=O)NS(C)(=O)=O)cc1. The van der Waals surface area contributed by atoms with Gasteiger partial charge in [-0.3, -0.25) is 0 Å². The average molecular weight is 244 g/mol. The van der Waals surface area contributed by atoms with Crippen LogP contribution in [0.5, 0.6) is 0 Å². The fourth-order valence-electron chi connectivity index (χ4n) is 1.06. The van der Waals surface area contributed by atoms with Gasteiger partial charge in [0.1, 0.15) is 12.4 Å². The first kappa shape index (κ1) is 12.4. The molecule has 0 radical (unpaired) electrons. The molecule has 1 aromatic heterocycles. The van der Waals surface area contributed by atoms with Gasteiger partial charge < -0.3 is 4.90 Å². The summed E-state index contributed by atoms with van der Waals surface area (Å²) in [6.07, 6.45) is 3.92. The van der Waals surface area contributed by atoms with Gasteiger partial charge in [0.25, 0.3) is 10.0 Å². The van der Waals surface area contributed by atoms with Crippen LogP contribution in [0.15, 0.2) is 24.5 Å². The van der Waals surface area contributed by atoms with E-state index in [2.05, 4.69) is 0 Å². The number of rotatable bonds is 2. The van der Waals surface area contributed by atoms with Crippen molar-refractivity contribution in [2.45, 2.75) is 0 Å². The number of nitrogens with one attached hydrogen (secondary N) is 1. The van der Waals surface area contributed by atoms with E-state index in [4.69, 9.17) is 0 Å². The molecule has 0 saturated carbocycles. The summed E-state index contributed by atoms with van der Waals surface area (Å²) in [5, 5.41) is 0. The molecule has 1 amide bonds. The normalized spacial score (nSPS) is 10.9. The lowest BCUT2D eigenvalue weighted by molar-refractivity contribution is -0.570. The highest BCUT2D eigenvalue weighted by Gasteiger charge is 2.18. The summed E-state index contributed by atoms with van der Waals surface area (Å²) >= 11 is 0. The van der Waals surface area contributed by atoms with Gasteiger partial charge >= 0.3 is 6.03 Å². The van der Waals surface area contributed by atoms with Crippen molar-refractivity contribution < 1.29 is 17.8 Å². The number of hydrogen-bond acceptors (Lipinski definition) is 4. The Morgan fingerprint density at radius 3 is 2.19 bits per heavy atom. The van der Waals surface area contributed by atoms with Gasteiger partial charge in [0, 0.05) is 31.9 Å². The van der Waals surface area contributed by atoms with E-state index in [1.165, 1.54) is 12.4 Å². The van der Waals surface area contributed by atoms with Crippen LogP contribution < -0.4 is 14.2 Å². The van der Waals surface area contributed by atoms with Crippen molar-refractivity contribution >= 4 is 21.7 Å². The van der Waals surface area contributed by atoms with Crippen LogP contribution in [0.25, 0.3) is 0 Å². The van der Waals surface area contributed by atoms with Crippen LogP contribution in [0.2, 0.25) is 0 Å². The molecule has 16 heavy (non-hydrogen) atoms. The second-order valence-corrected chi connectivity index (χ2v) is 5.29. The van der Waals surface area contributed by atoms with Crippen molar-refractivity contribution in [3.63, 3.8) is 0 Å². The number of pyridine rings is 1. The largest absolute Gasteiger partial charge is 0.511 e. The number of hydrogen-bond donors (Lipinski definition) is 1. The van der Waals surface area contributed by atoms with Crippen LogP contribution in [-0.4, -0.2) is 34.8 Å². The first-order chi connectivity index (χ1) is 7.29. The van der Waals surface area contributed by atoms with E-state index >= 15 is 0 Å². The maximum atomic E-state index is 11.4. The first-order valence-corrected chi connectivity index (χ1v) is 6.39. The highest BCUT2D eigenvalue weighted by atomic mass is 32.2. The lowest BCUT2D eigenvalue weighted by Crippen LogP contribution is -2.51. The van der Waals surface area contributed by atoms with Crippen molar-refractivity contribution in [1.29, 1.82) is 0 Å². The van der Waals surface area contributed by atoms with Gasteiger partial charge in [0.15, 0.2) is 0 Å². The zero-order valence-electron chi connectivity index (χ0n) is 9.34. The van der Waals surface area contributed by atoms with Crippen molar-refractivity contribution in [2.24, 2.45) is 0 Å². The lowest BCUT2D eigenvalue weighted by Gasteiger charge is -2.10. The summed E-state index contributed by atoms with van der Waals surface area (Å²) in [7, 11) is 0.214. The van der Waals surface area contributed by atoms with E-state index in [1.54, 1.807) is 12.1 Å². The Hall–Kier alpha value is -1.63. The molecule has 0 aliphatic rings. The van der Waals surface area contributed by atoms with Gasteiger partial charge in [0.2, 0.25) is 0 Å². The molecule has 6 nitrogen and oxygen atoms in total. The minimum Gasteiger partial charge on any atom is -0.377 e. The Bertz CT molecular complexity index is 479. The smallest absolute Gasteiger partial charge is 0.377 e. The molecule has 0 atom stereocenters. The third-order valence-electron chi connectivity index (χ3n) is 1.84. The standard InChI is InChI=1S/C9H13N3O3S/c1-11(2)8-4-6-12(7-5-8)9(13)10-16(3,14)15/h4-7H,1-3H3/p+1. The number of nitrogens with zero attached hydrogens (tertiary/aromatic N) is 2. The summed E-state index contributed by atoms with van der Waals surface area (Å²) in [6.45, 7) is 0. The van der Waals surface area contributed by atoms with Gasteiger partial charge in [-0.2, -0.15) is 17.8 Å². The third kappa shape index (κ3) is 3.50. The molecule has 1 heterocycles. The molecule has 0 aliphatic heterocycles. The zero-order valence-corrected chi connectivity index (χ0v) is 10.2. The summed E-state index contributed by atoms with van der Waals surface area (Å²) in [4.78, 5) is 13.3. The van der Waals surface area contributed by atoms with Gasteiger partial charge in [-0.15, -0.1) is 4.72 Å². The highest BCUT2D eigenvalue weighted by Crippen LogP contribution is 2.05. The molecule has 1 N–H and O–H groups in total. The average Bonchev–Trinajstić information content (AvgIpc) is 2.15. The molecule has 0 unspecified atom stereocenters. The van der Waals surface area contributed by atoms with E-state index < -0.39 is 16.1 Å². The summed E-state index contributed by atoms with van der Waals surface area (Å²) in [6, 6.07) is 2.72.